The number of rotatable bonds is 2. The Labute approximate surface area is 92.8 Å². The second-order valence-electron chi connectivity index (χ2n) is 3.36. The van der Waals surface area contributed by atoms with Gasteiger partial charge in [-0.25, -0.2) is 0 Å². The summed E-state index contributed by atoms with van der Waals surface area (Å²) in [6, 6.07) is 2.36. The van der Waals surface area contributed by atoms with Gasteiger partial charge in [0.2, 0.25) is 0 Å². The molecule has 0 saturated heterocycles. The van der Waals surface area contributed by atoms with Gasteiger partial charge in [0.05, 0.1) is 6.61 Å². The lowest BCUT2D eigenvalue weighted by Crippen LogP contribution is -1.96. The van der Waals surface area contributed by atoms with Crippen molar-refractivity contribution in [3.8, 4) is 6.01 Å². The number of fused-ring (bicyclic) bond motifs is 1. The molecule has 5 heteroatoms. The minimum Gasteiger partial charge on any atom is -0.463 e. The van der Waals surface area contributed by atoms with E-state index in [1.807, 2.05) is 26.8 Å². The van der Waals surface area contributed by atoms with Crippen LogP contribution in [0.4, 0.5) is 0 Å². The summed E-state index contributed by atoms with van der Waals surface area (Å²) in [5, 5.41) is 4.75. The number of hydrogen-bond acceptors (Lipinski definition) is 3. The molecule has 4 nitrogen and oxygen atoms in total. The van der Waals surface area contributed by atoms with E-state index in [0.717, 1.165) is 16.8 Å². The molecule has 80 valence electrons. The smallest absolute Gasteiger partial charge is 0.336 e. The number of halogens is 1. The van der Waals surface area contributed by atoms with Crippen molar-refractivity contribution in [2.24, 2.45) is 0 Å². The van der Waals surface area contributed by atoms with Gasteiger partial charge in [0.1, 0.15) is 5.15 Å². The largest absolute Gasteiger partial charge is 0.463 e. The van der Waals surface area contributed by atoms with Gasteiger partial charge in [-0.15, -0.1) is 5.10 Å². The highest BCUT2D eigenvalue weighted by atomic mass is 35.5. The molecular weight excluding hydrogens is 214 g/mol. The second-order valence-corrected chi connectivity index (χ2v) is 3.72. The average Bonchev–Trinajstić information content (AvgIpc) is 2.60. The molecule has 15 heavy (non-hydrogen) atoms. The van der Waals surface area contributed by atoms with E-state index < -0.39 is 0 Å². The van der Waals surface area contributed by atoms with Gasteiger partial charge in [-0.05, 0) is 38.0 Å². The van der Waals surface area contributed by atoms with Gasteiger partial charge >= 0.3 is 6.01 Å². The molecule has 0 unspecified atom stereocenters. The van der Waals surface area contributed by atoms with Crippen molar-refractivity contribution in [3.63, 3.8) is 0 Å². The minimum absolute atomic E-state index is 0.369. The van der Waals surface area contributed by atoms with Crippen molar-refractivity contribution in [2.45, 2.75) is 20.8 Å². The summed E-state index contributed by atoms with van der Waals surface area (Å²) in [6.07, 6.45) is 0. The lowest BCUT2D eigenvalue weighted by atomic mass is 10.2. The highest BCUT2D eigenvalue weighted by Crippen LogP contribution is 2.21. The van der Waals surface area contributed by atoms with E-state index in [9.17, 15) is 0 Å². The Morgan fingerprint density at radius 1 is 1.40 bits per heavy atom. The third kappa shape index (κ3) is 1.65. The Morgan fingerprint density at radius 2 is 2.13 bits per heavy atom. The van der Waals surface area contributed by atoms with Crippen molar-refractivity contribution < 1.29 is 4.74 Å². The van der Waals surface area contributed by atoms with Crippen molar-refractivity contribution in [1.82, 2.24) is 14.6 Å². The molecular formula is C10H12ClN3O. The molecule has 2 heterocycles. The topological polar surface area (TPSA) is 39.4 Å². The Kier molecular flexibility index (Phi) is 2.52. The molecule has 0 fully saturated rings. The maximum Gasteiger partial charge on any atom is 0.336 e. The molecule has 2 aromatic heterocycles. The Bertz CT molecular complexity index is 507. The Morgan fingerprint density at radius 3 is 2.80 bits per heavy atom. The molecule has 0 N–H and O–H groups in total. The second kappa shape index (κ2) is 3.70. The van der Waals surface area contributed by atoms with E-state index in [-0.39, 0.29) is 0 Å². The van der Waals surface area contributed by atoms with Crippen molar-refractivity contribution in [1.29, 1.82) is 0 Å². The molecule has 0 atom stereocenters. The molecule has 0 aliphatic heterocycles. The zero-order valence-corrected chi connectivity index (χ0v) is 9.67. The van der Waals surface area contributed by atoms with Crippen LogP contribution in [0.3, 0.4) is 0 Å². The fourth-order valence-electron chi connectivity index (χ4n) is 1.49. The van der Waals surface area contributed by atoms with E-state index in [1.54, 1.807) is 4.52 Å². The van der Waals surface area contributed by atoms with Gasteiger partial charge in [-0.1, -0.05) is 11.6 Å². The number of pyridine rings is 1. The maximum atomic E-state index is 6.12. The van der Waals surface area contributed by atoms with E-state index in [2.05, 4.69) is 10.1 Å². The predicted molar refractivity (Wildman–Crippen MR) is 58.6 cm³/mol. The van der Waals surface area contributed by atoms with Crippen LogP contribution < -0.4 is 4.74 Å². The van der Waals surface area contributed by atoms with E-state index >= 15 is 0 Å². The zero-order chi connectivity index (χ0) is 11.0. The first kappa shape index (κ1) is 10.2. The van der Waals surface area contributed by atoms with Crippen LogP contribution in [0.25, 0.3) is 5.65 Å². The van der Waals surface area contributed by atoms with Gasteiger partial charge in [-0.2, -0.15) is 9.50 Å². The van der Waals surface area contributed by atoms with Gasteiger partial charge in [0, 0.05) is 0 Å². The molecule has 2 rings (SSSR count). The number of ether oxygens (including phenoxy) is 1. The molecule has 0 saturated carbocycles. The van der Waals surface area contributed by atoms with Gasteiger partial charge in [0.25, 0.3) is 0 Å². The number of aryl methyl sites for hydroxylation is 2. The molecule has 0 aromatic carbocycles. The monoisotopic (exact) mass is 225 g/mol. The molecule has 2 aromatic rings. The van der Waals surface area contributed by atoms with Crippen molar-refractivity contribution in [2.75, 3.05) is 6.61 Å². The number of hydrogen-bond donors (Lipinski definition) is 0. The highest BCUT2D eigenvalue weighted by Gasteiger charge is 2.11. The summed E-state index contributed by atoms with van der Waals surface area (Å²) in [6.45, 7) is 6.36. The number of nitrogens with zero attached hydrogens (tertiary/aromatic N) is 3. The molecule has 0 aliphatic carbocycles. The summed E-state index contributed by atoms with van der Waals surface area (Å²) in [7, 11) is 0. The van der Waals surface area contributed by atoms with E-state index in [4.69, 9.17) is 16.3 Å². The van der Waals surface area contributed by atoms with Crippen LogP contribution in [0.5, 0.6) is 6.01 Å². The average molecular weight is 226 g/mol. The fraction of sp³-hybridized carbons (Fsp3) is 0.400. The van der Waals surface area contributed by atoms with Crippen LogP contribution in [0.15, 0.2) is 6.07 Å². The molecule has 0 amide bonds. The van der Waals surface area contributed by atoms with Crippen molar-refractivity contribution >= 4 is 17.2 Å². The lowest BCUT2D eigenvalue weighted by molar-refractivity contribution is 0.313. The van der Waals surface area contributed by atoms with Gasteiger partial charge in [-0.3, -0.25) is 0 Å². The molecule has 0 aliphatic rings. The van der Waals surface area contributed by atoms with Crippen LogP contribution in [0.2, 0.25) is 5.15 Å². The zero-order valence-electron chi connectivity index (χ0n) is 8.91. The first-order chi connectivity index (χ1) is 7.13. The normalized spacial score (nSPS) is 10.9. The summed E-state index contributed by atoms with van der Waals surface area (Å²) >= 11 is 6.12. The van der Waals surface area contributed by atoms with Crippen LogP contribution in [0, 0.1) is 13.8 Å². The van der Waals surface area contributed by atoms with Crippen LogP contribution in [0.1, 0.15) is 18.1 Å². The first-order valence-corrected chi connectivity index (χ1v) is 5.16. The molecule has 0 radical (unpaired) electrons. The van der Waals surface area contributed by atoms with Crippen LogP contribution in [-0.2, 0) is 0 Å². The summed E-state index contributed by atoms with van der Waals surface area (Å²) in [4.78, 5) is 4.25. The first-order valence-electron chi connectivity index (χ1n) is 4.78. The highest BCUT2D eigenvalue weighted by molar-refractivity contribution is 6.30. The van der Waals surface area contributed by atoms with Crippen LogP contribution in [-0.4, -0.2) is 21.2 Å². The summed E-state index contributed by atoms with van der Waals surface area (Å²) in [5.74, 6) is 0. The quantitative estimate of drug-likeness (QED) is 0.737. The summed E-state index contributed by atoms with van der Waals surface area (Å²) < 4.78 is 6.85. The summed E-state index contributed by atoms with van der Waals surface area (Å²) in [5.41, 5.74) is 2.76. The van der Waals surface area contributed by atoms with E-state index in [0.29, 0.717) is 17.8 Å². The molecule has 0 spiro atoms. The minimum atomic E-state index is 0.369. The van der Waals surface area contributed by atoms with Crippen LogP contribution >= 0.6 is 11.6 Å². The third-order valence-corrected chi connectivity index (χ3v) is 2.62. The molecule has 0 bridgehead atoms. The Hall–Kier alpha value is -1.29. The van der Waals surface area contributed by atoms with Crippen molar-refractivity contribution in [3.05, 3.63) is 22.3 Å². The fourth-order valence-corrected chi connectivity index (χ4v) is 1.66. The Balaban J connectivity index is 2.68. The van der Waals surface area contributed by atoms with Gasteiger partial charge < -0.3 is 4.74 Å². The SMILES string of the molecule is CCOc1nc2c(C)cc(C)c(Cl)n2n1. The van der Waals surface area contributed by atoms with Gasteiger partial charge in [0.15, 0.2) is 5.65 Å². The standard InChI is InChI=1S/C10H12ClN3O/c1-4-15-10-12-9-7(3)5-6(2)8(11)14(9)13-10/h5H,4H2,1-3H3. The van der Waals surface area contributed by atoms with E-state index in [1.165, 1.54) is 0 Å². The number of aromatic nitrogens is 3. The lowest BCUT2D eigenvalue weighted by Gasteiger charge is -2.01. The maximum absolute atomic E-state index is 6.12. The third-order valence-electron chi connectivity index (χ3n) is 2.16. The predicted octanol–water partition coefficient (Wildman–Crippen LogP) is 2.40.